The number of benzene rings is 1. The molecule has 0 spiro atoms. The van der Waals surface area contributed by atoms with E-state index in [2.05, 4.69) is 14.9 Å². The summed E-state index contributed by atoms with van der Waals surface area (Å²) in [6.07, 6.45) is 0.810. The monoisotopic (exact) mass is 399 g/mol. The highest BCUT2D eigenvalue weighted by atomic mass is 32.2. The van der Waals surface area contributed by atoms with Crippen molar-refractivity contribution in [1.82, 2.24) is 14.9 Å². The minimum Gasteiger partial charge on any atom is -0.494 e. The van der Waals surface area contributed by atoms with Crippen LogP contribution in [0.15, 0.2) is 29.2 Å². The molecular weight excluding hydrogens is 370 g/mol. The molecule has 27 heavy (non-hydrogen) atoms. The molecule has 1 amide bonds. The van der Waals surface area contributed by atoms with Crippen LogP contribution in [0.4, 0.5) is 0 Å². The number of amides is 1. The zero-order chi connectivity index (χ0) is 19.7. The van der Waals surface area contributed by atoms with Crippen molar-refractivity contribution in [2.75, 3.05) is 46.0 Å². The number of rotatable bonds is 10. The largest absolute Gasteiger partial charge is 0.494 e. The van der Waals surface area contributed by atoms with Crippen LogP contribution >= 0.6 is 0 Å². The average molecular weight is 400 g/mol. The highest BCUT2D eigenvalue weighted by Crippen LogP contribution is 2.16. The molecule has 1 aliphatic heterocycles. The van der Waals surface area contributed by atoms with E-state index in [0.29, 0.717) is 18.9 Å². The third-order valence-corrected chi connectivity index (χ3v) is 5.78. The fourth-order valence-corrected chi connectivity index (χ4v) is 3.93. The van der Waals surface area contributed by atoms with Gasteiger partial charge in [0.25, 0.3) is 0 Å². The van der Waals surface area contributed by atoms with E-state index < -0.39 is 16.1 Å². The van der Waals surface area contributed by atoms with E-state index in [1.165, 1.54) is 19.1 Å². The molecular formula is C18H29N3O5S. The smallest absolute Gasteiger partial charge is 0.241 e. The molecule has 1 saturated heterocycles. The van der Waals surface area contributed by atoms with E-state index in [-0.39, 0.29) is 10.8 Å². The minimum absolute atomic E-state index is 0.0953. The Bertz CT molecular complexity index is 687. The number of sulfonamides is 1. The van der Waals surface area contributed by atoms with Gasteiger partial charge in [-0.2, -0.15) is 4.72 Å². The van der Waals surface area contributed by atoms with Crippen LogP contribution in [0.2, 0.25) is 0 Å². The lowest BCUT2D eigenvalue weighted by atomic mass is 10.3. The maximum absolute atomic E-state index is 12.4. The summed E-state index contributed by atoms with van der Waals surface area (Å²) in [4.78, 5) is 14.5. The third kappa shape index (κ3) is 7.10. The second kappa shape index (κ2) is 10.6. The predicted molar refractivity (Wildman–Crippen MR) is 102 cm³/mol. The molecule has 0 aliphatic carbocycles. The van der Waals surface area contributed by atoms with Gasteiger partial charge in [-0.3, -0.25) is 9.69 Å². The second-order valence-electron chi connectivity index (χ2n) is 6.35. The third-order valence-electron chi connectivity index (χ3n) is 4.22. The first-order chi connectivity index (χ1) is 12.9. The van der Waals surface area contributed by atoms with Crippen molar-refractivity contribution in [3.05, 3.63) is 24.3 Å². The van der Waals surface area contributed by atoms with Gasteiger partial charge in [0, 0.05) is 19.6 Å². The molecule has 0 aromatic heterocycles. The molecule has 1 fully saturated rings. The van der Waals surface area contributed by atoms with Gasteiger partial charge in [0.1, 0.15) is 5.75 Å². The Balaban J connectivity index is 1.76. The van der Waals surface area contributed by atoms with Gasteiger partial charge in [-0.25, -0.2) is 8.42 Å². The van der Waals surface area contributed by atoms with Crippen molar-refractivity contribution < 1.29 is 22.7 Å². The van der Waals surface area contributed by atoms with Crippen LogP contribution in [0, 0.1) is 0 Å². The van der Waals surface area contributed by atoms with Crippen LogP contribution in [0.3, 0.4) is 0 Å². The number of hydrogen-bond acceptors (Lipinski definition) is 6. The van der Waals surface area contributed by atoms with Crippen molar-refractivity contribution in [2.45, 2.75) is 31.2 Å². The molecule has 1 heterocycles. The van der Waals surface area contributed by atoms with Crippen molar-refractivity contribution >= 4 is 15.9 Å². The number of ether oxygens (including phenoxy) is 2. The van der Waals surface area contributed by atoms with Crippen molar-refractivity contribution in [3.8, 4) is 5.75 Å². The van der Waals surface area contributed by atoms with Crippen LogP contribution < -0.4 is 14.8 Å². The Labute approximate surface area is 161 Å². The van der Waals surface area contributed by atoms with Crippen LogP contribution in [0.1, 0.15) is 20.3 Å². The van der Waals surface area contributed by atoms with Crippen LogP contribution in [-0.4, -0.2) is 71.3 Å². The summed E-state index contributed by atoms with van der Waals surface area (Å²) in [5, 5.41) is 2.78. The number of nitrogens with zero attached hydrogens (tertiary/aromatic N) is 1. The summed E-state index contributed by atoms with van der Waals surface area (Å²) >= 11 is 0. The standard InChI is InChI=1S/C18H29N3O5S/c1-3-26-16-5-7-17(8-6-16)27(23,24)20-15(2)18(22)19-9-4-10-21-11-13-25-14-12-21/h5-8,15,20H,3-4,9-14H2,1-2H3,(H,19,22)/t15-/m1/s1. The van der Waals surface area contributed by atoms with Gasteiger partial charge in [-0.15, -0.1) is 0 Å². The number of carbonyl (C=O) groups is 1. The molecule has 0 radical (unpaired) electrons. The van der Waals surface area contributed by atoms with E-state index in [1.54, 1.807) is 12.1 Å². The van der Waals surface area contributed by atoms with Gasteiger partial charge < -0.3 is 14.8 Å². The van der Waals surface area contributed by atoms with Crippen molar-refractivity contribution in [3.63, 3.8) is 0 Å². The quantitative estimate of drug-likeness (QED) is 0.559. The zero-order valence-electron chi connectivity index (χ0n) is 15.9. The van der Waals surface area contributed by atoms with Crippen LogP contribution in [-0.2, 0) is 19.6 Å². The molecule has 1 aliphatic rings. The van der Waals surface area contributed by atoms with E-state index in [9.17, 15) is 13.2 Å². The fourth-order valence-electron chi connectivity index (χ4n) is 2.73. The van der Waals surface area contributed by atoms with Crippen LogP contribution in [0.25, 0.3) is 0 Å². The Hall–Kier alpha value is -1.68. The van der Waals surface area contributed by atoms with Gasteiger partial charge >= 0.3 is 0 Å². The lowest BCUT2D eigenvalue weighted by Gasteiger charge is -2.26. The molecule has 0 bridgehead atoms. The molecule has 2 N–H and O–H groups in total. The molecule has 152 valence electrons. The second-order valence-corrected chi connectivity index (χ2v) is 8.06. The van der Waals surface area contributed by atoms with Gasteiger partial charge in [-0.05, 0) is 51.1 Å². The normalized spacial score (nSPS) is 16.7. The molecule has 1 aromatic rings. The highest BCUT2D eigenvalue weighted by molar-refractivity contribution is 7.89. The SMILES string of the molecule is CCOc1ccc(S(=O)(=O)N[C@H](C)C(=O)NCCCN2CCOCC2)cc1. The first-order valence-corrected chi connectivity index (χ1v) is 10.7. The zero-order valence-corrected chi connectivity index (χ0v) is 16.8. The fraction of sp³-hybridized carbons (Fsp3) is 0.611. The van der Waals surface area contributed by atoms with Gasteiger partial charge in [-0.1, -0.05) is 0 Å². The molecule has 1 aromatic carbocycles. The number of carbonyl (C=O) groups excluding carboxylic acids is 1. The Morgan fingerprint density at radius 3 is 2.56 bits per heavy atom. The predicted octanol–water partition coefficient (Wildman–Crippen LogP) is 0.591. The summed E-state index contributed by atoms with van der Waals surface area (Å²) in [5.41, 5.74) is 0. The summed E-state index contributed by atoms with van der Waals surface area (Å²) in [5.74, 6) is 0.258. The van der Waals surface area contributed by atoms with Gasteiger partial charge in [0.05, 0.1) is 30.8 Å². The molecule has 0 unspecified atom stereocenters. The van der Waals surface area contributed by atoms with Crippen molar-refractivity contribution in [2.24, 2.45) is 0 Å². The van der Waals surface area contributed by atoms with Crippen LogP contribution in [0.5, 0.6) is 5.75 Å². The number of morpholine rings is 1. The topological polar surface area (TPSA) is 97.0 Å². The summed E-state index contributed by atoms with van der Waals surface area (Å²) in [6.45, 7) is 8.59. The Morgan fingerprint density at radius 2 is 1.93 bits per heavy atom. The molecule has 9 heteroatoms. The van der Waals surface area contributed by atoms with Gasteiger partial charge in [0.15, 0.2) is 0 Å². The first-order valence-electron chi connectivity index (χ1n) is 9.25. The maximum Gasteiger partial charge on any atom is 0.241 e. The first kappa shape index (κ1) is 21.6. The van der Waals surface area contributed by atoms with Crippen molar-refractivity contribution in [1.29, 1.82) is 0 Å². The summed E-state index contributed by atoms with van der Waals surface area (Å²) < 4.78 is 37.8. The highest BCUT2D eigenvalue weighted by Gasteiger charge is 2.22. The molecule has 8 nitrogen and oxygen atoms in total. The van der Waals surface area contributed by atoms with E-state index in [4.69, 9.17) is 9.47 Å². The molecule has 2 rings (SSSR count). The molecule has 0 saturated carbocycles. The summed E-state index contributed by atoms with van der Waals surface area (Å²) in [7, 11) is -3.77. The average Bonchev–Trinajstić information content (AvgIpc) is 2.66. The molecule has 1 atom stereocenters. The van der Waals surface area contributed by atoms with E-state index >= 15 is 0 Å². The maximum atomic E-state index is 12.4. The lowest BCUT2D eigenvalue weighted by molar-refractivity contribution is -0.122. The number of hydrogen-bond donors (Lipinski definition) is 2. The Morgan fingerprint density at radius 1 is 1.26 bits per heavy atom. The van der Waals surface area contributed by atoms with Gasteiger partial charge in [0.2, 0.25) is 15.9 Å². The minimum atomic E-state index is -3.77. The summed E-state index contributed by atoms with van der Waals surface area (Å²) in [6, 6.07) is 5.24. The van der Waals surface area contributed by atoms with E-state index in [0.717, 1.165) is 39.3 Å². The lowest BCUT2D eigenvalue weighted by Crippen LogP contribution is -2.45. The Kier molecular flexibility index (Phi) is 8.49. The van der Waals surface area contributed by atoms with E-state index in [1.807, 2.05) is 6.92 Å². The number of nitrogens with one attached hydrogen (secondary N) is 2.